The number of benzene rings is 2. The van der Waals surface area contributed by atoms with Gasteiger partial charge in [-0.05, 0) is 31.2 Å². The lowest BCUT2D eigenvalue weighted by molar-refractivity contribution is -0.137. The number of hydroxylamine groups is 2. The fourth-order valence-corrected chi connectivity index (χ4v) is 3.28. The number of hydrogen-bond donors (Lipinski definition) is 0. The molecule has 8 heteroatoms. The maximum atomic E-state index is 12.6. The molecule has 4 rings (SSSR count). The van der Waals surface area contributed by atoms with Crippen LogP contribution < -0.4 is 0 Å². The summed E-state index contributed by atoms with van der Waals surface area (Å²) in [5.41, 5.74) is 1.21. The molecule has 0 aliphatic carbocycles. The minimum Gasteiger partial charge on any atom is -0.460 e. The largest absolute Gasteiger partial charge is 0.460 e. The molecule has 30 heavy (non-hydrogen) atoms. The number of imide groups is 1. The van der Waals surface area contributed by atoms with Crippen LogP contribution in [0.4, 0.5) is 0 Å². The van der Waals surface area contributed by atoms with Crippen LogP contribution in [0, 0.1) is 0 Å². The van der Waals surface area contributed by atoms with Gasteiger partial charge in [0.2, 0.25) is 0 Å². The Morgan fingerprint density at radius 3 is 2.33 bits per heavy atom. The van der Waals surface area contributed by atoms with Crippen LogP contribution in [0.3, 0.4) is 0 Å². The van der Waals surface area contributed by atoms with Gasteiger partial charge in [0.25, 0.3) is 17.6 Å². The number of Topliss-reactive ketones (excluding diaryl/α,β-unsaturated/α-hetero) is 1. The van der Waals surface area contributed by atoms with Crippen LogP contribution in [0.5, 0.6) is 0 Å². The third-order valence-electron chi connectivity index (χ3n) is 4.68. The average Bonchev–Trinajstić information content (AvgIpc) is 3.01. The standard InChI is InChI=1S/C22H16N2O6/c1-2-29-22(28)19(25)14-10-9-13-6-5-11-23-18(13)17(14)12-30-24-20(26)15-7-3-4-8-16(15)21(24)27/h3-11H,2,12H2,1H3. The number of pyridine rings is 1. The summed E-state index contributed by atoms with van der Waals surface area (Å²) in [5, 5.41) is 1.37. The summed E-state index contributed by atoms with van der Waals surface area (Å²) < 4.78 is 4.81. The van der Waals surface area contributed by atoms with Crippen molar-refractivity contribution in [3.05, 3.63) is 77.0 Å². The Balaban J connectivity index is 1.69. The molecule has 8 nitrogen and oxygen atoms in total. The summed E-state index contributed by atoms with van der Waals surface area (Å²) in [6.07, 6.45) is 1.53. The Bertz CT molecular complexity index is 1170. The molecule has 0 bridgehead atoms. The van der Waals surface area contributed by atoms with Crippen molar-refractivity contribution < 1.29 is 28.8 Å². The zero-order valence-electron chi connectivity index (χ0n) is 16.0. The van der Waals surface area contributed by atoms with E-state index in [-0.39, 0.29) is 35.5 Å². The van der Waals surface area contributed by atoms with Crippen LogP contribution >= 0.6 is 0 Å². The van der Waals surface area contributed by atoms with Crippen molar-refractivity contribution in [1.82, 2.24) is 10.0 Å². The molecule has 2 aromatic carbocycles. The molecule has 2 amide bonds. The Morgan fingerprint density at radius 2 is 1.67 bits per heavy atom. The summed E-state index contributed by atoms with van der Waals surface area (Å²) in [6, 6.07) is 13.0. The van der Waals surface area contributed by atoms with Crippen LogP contribution in [-0.4, -0.2) is 40.2 Å². The van der Waals surface area contributed by atoms with Gasteiger partial charge in [0.1, 0.15) is 6.61 Å². The first-order chi connectivity index (χ1) is 14.5. The van der Waals surface area contributed by atoms with Crippen LogP contribution in [0.25, 0.3) is 10.9 Å². The van der Waals surface area contributed by atoms with Gasteiger partial charge in [0.15, 0.2) is 0 Å². The number of rotatable bonds is 6. The maximum absolute atomic E-state index is 12.6. The quantitative estimate of drug-likeness (QED) is 0.269. The zero-order chi connectivity index (χ0) is 21.3. The summed E-state index contributed by atoms with van der Waals surface area (Å²) in [7, 11) is 0. The Kier molecular flexibility index (Phi) is 5.07. The molecule has 1 aliphatic rings. The molecule has 2 heterocycles. The van der Waals surface area contributed by atoms with E-state index in [9.17, 15) is 19.2 Å². The van der Waals surface area contributed by atoms with E-state index in [0.29, 0.717) is 16.0 Å². The molecule has 0 saturated carbocycles. The molecular formula is C22H16N2O6. The Hall–Kier alpha value is -3.91. The predicted octanol–water partition coefficient (Wildman–Crippen LogP) is 2.71. The topological polar surface area (TPSA) is 103 Å². The van der Waals surface area contributed by atoms with Crippen LogP contribution in [0.1, 0.15) is 43.6 Å². The van der Waals surface area contributed by atoms with Gasteiger partial charge in [-0.15, -0.1) is 5.06 Å². The average molecular weight is 404 g/mol. The van der Waals surface area contributed by atoms with Gasteiger partial charge in [-0.3, -0.25) is 24.2 Å². The second-order valence-corrected chi connectivity index (χ2v) is 6.44. The van der Waals surface area contributed by atoms with Crippen molar-refractivity contribution in [2.75, 3.05) is 6.61 Å². The molecule has 0 spiro atoms. The first-order valence-corrected chi connectivity index (χ1v) is 9.21. The molecule has 0 fully saturated rings. The van der Waals surface area contributed by atoms with E-state index in [2.05, 4.69) is 4.98 Å². The van der Waals surface area contributed by atoms with Gasteiger partial charge in [-0.25, -0.2) is 4.79 Å². The number of amides is 2. The van der Waals surface area contributed by atoms with Gasteiger partial charge in [-0.1, -0.05) is 24.3 Å². The molecule has 0 radical (unpaired) electrons. The molecule has 0 N–H and O–H groups in total. The summed E-state index contributed by atoms with van der Waals surface area (Å²) in [4.78, 5) is 59.4. The fourth-order valence-electron chi connectivity index (χ4n) is 3.28. The number of carbonyl (C=O) groups is 4. The second-order valence-electron chi connectivity index (χ2n) is 6.44. The van der Waals surface area contributed by atoms with Gasteiger partial charge in [0, 0.05) is 22.7 Å². The Morgan fingerprint density at radius 1 is 0.967 bits per heavy atom. The van der Waals surface area contributed by atoms with Crippen LogP contribution in [0.2, 0.25) is 0 Å². The zero-order valence-corrected chi connectivity index (χ0v) is 16.0. The summed E-state index contributed by atoms with van der Waals surface area (Å²) in [5.74, 6) is -3.05. The number of carbonyl (C=O) groups excluding carboxylic acids is 4. The van der Waals surface area contributed by atoms with Crippen LogP contribution in [0.15, 0.2) is 54.7 Å². The van der Waals surface area contributed by atoms with Gasteiger partial charge in [0.05, 0.1) is 23.3 Å². The minimum atomic E-state index is -1.00. The number of esters is 1. The lowest BCUT2D eigenvalue weighted by Gasteiger charge is -2.16. The molecule has 0 atom stereocenters. The highest BCUT2D eigenvalue weighted by atomic mass is 16.7. The van der Waals surface area contributed by atoms with Crippen molar-refractivity contribution in [1.29, 1.82) is 0 Å². The highest BCUT2D eigenvalue weighted by Crippen LogP contribution is 2.26. The molecular weight excluding hydrogens is 388 g/mol. The van der Waals surface area contributed by atoms with E-state index in [4.69, 9.17) is 9.57 Å². The normalized spacial score (nSPS) is 12.9. The number of ether oxygens (including phenoxy) is 1. The van der Waals surface area contributed by atoms with Crippen molar-refractivity contribution >= 4 is 34.5 Å². The smallest absolute Gasteiger partial charge is 0.379 e. The van der Waals surface area contributed by atoms with E-state index in [1.165, 1.54) is 24.4 Å². The summed E-state index contributed by atoms with van der Waals surface area (Å²) in [6.45, 7) is 1.33. The molecule has 3 aromatic rings. The highest BCUT2D eigenvalue weighted by molar-refractivity contribution is 6.41. The van der Waals surface area contributed by atoms with E-state index in [1.807, 2.05) is 0 Å². The molecule has 1 aliphatic heterocycles. The molecule has 0 saturated heterocycles. The number of hydrogen-bond acceptors (Lipinski definition) is 7. The van der Waals surface area contributed by atoms with E-state index in [0.717, 1.165) is 0 Å². The van der Waals surface area contributed by atoms with Crippen molar-refractivity contribution in [2.45, 2.75) is 13.5 Å². The first-order valence-electron chi connectivity index (χ1n) is 9.21. The third-order valence-corrected chi connectivity index (χ3v) is 4.68. The van der Waals surface area contributed by atoms with E-state index >= 15 is 0 Å². The van der Waals surface area contributed by atoms with Crippen LogP contribution in [-0.2, 0) is 21.0 Å². The predicted molar refractivity (Wildman–Crippen MR) is 104 cm³/mol. The minimum absolute atomic E-state index is 0.0382. The van der Waals surface area contributed by atoms with Crippen molar-refractivity contribution in [3.8, 4) is 0 Å². The van der Waals surface area contributed by atoms with Gasteiger partial charge < -0.3 is 4.74 Å². The van der Waals surface area contributed by atoms with E-state index in [1.54, 1.807) is 37.3 Å². The second kappa shape index (κ2) is 7.84. The number of fused-ring (bicyclic) bond motifs is 2. The SMILES string of the molecule is CCOC(=O)C(=O)c1ccc2cccnc2c1CON1C(=O)c2ccccc2C1=O. The van der Waals surface area contributed by atoms with Crippen molar-refractivity contribution in [3.63, 3.8) is 0 Å². The lowest BCUT2D eigenvalue weighted by Crippen LogP contribution is -2.30. The number of nitrogens with zero attached hydrogens (tertiary/aromatic N) is 2. The lowest BCUT2D eigenvalue weighted by atomic mass is 10.00. The highest BCUT2D eigenvalue weighted by Gasteiger charge is 2.37. The monoisotopic (exact) mass is 404 g/mol. The fraction of sp³-hybridized carbons (Fsp3) is 0.136. The van der Waals surface area contributed by atoms with Gasteiger partial charge in [-0.2, -0.15) is 0 Å². The van der Waals surface area contributed by atoms with Gasteiger partial charge >= 0.3 is 5.97 Å². The molecule has 0 unspecified atom stereocenters. The Labute approximate surface area is 171 Å². The molecule has 150 valence electrons. The number of aromatic nitrogens is 1. The first kappa shape index (κ1) is 19.4. The molecule has 1 aromatic heterocycles. The third kappa shape index (κ3) is 3.23. The van der Waals surface area contributed by atoms with E-state index < -0.39 is 23.6 Å². The maximum Gasteiger partial charge on any atom is 0.379 e. The summed E-state index contributed by atoms with van der Waals surface area (Å²) >= 11 is 0. The number of ketones is 1. The van der Waals surface area contributed by atoms with Crippen molar-refractivity contribution in [2.24, 2.45) is 0 Å².